The van der Waals surface area contributed by atoms with Gasteiger partial charge >= 0.3 is 0 Å². The van der Waals surface area contributed by atoms with Crippen LogP contribution < -0.4 is 14.5 Å². The highest BCUT2D eigenvalue weighted by molar-refractivity contribution is 9.09. The van der Waals surface area contributed by atoms with Gasteiger partial charge in [0.1, 0.15) is 11.3 Å². The van der Waals surface area contributed by atoms with E-state index in [0.29, 0.717) is 16.1 Å². The van der Waals surface area contributed by atoms with Crippen LogP contribution in [0.25, 0.3) is 44.3 Å². The van der Waals surface area contributed by atoms with Crippen molar-refractivity contribution >= 4 is 55.2 Å². The van der Waals surface area contributed by atoms with E-state index in [2.05, 4.69) is 27.1 Å². The average molecular weight is 455 g/mol. The quantitative estimate of drug-likeness (QED) is 0.180. The maximum Gasteiger partial charge on any atom is 0.272 e. The Balaban J connectivity index is 2.01. The van der Waals surface area contributed by atoms with Crippen LogP contribution in [0, 0.1) is 0 Å². The molecule has 0 radical (unpaired) electrons. The molecule has 0 unspecified atom stereocenters. The summed E-state index contributed by atoms with van der Waals surface area (Å²) in [5, 5.41) is 19.4. The summed E-state index contributed by atoms with van der Waals surface area (Å²) in [7, 11) is 1.64. The summed E-state index contributed by atoms with van der Waals surface area (Å²) in [5.74, 6) is 0.440. The van der Waals surface area contributed by atoms with E-state index >= 15 is 0 Å². The second-order valence-electron chi connectivity index (χ2n) is 6.43. The van der Waals surface area contributed by atoms with Gasteiger partial charge in [-0.25, -0.2) is 4.98 Å². The zero-order chi connectivity index (χ0) is 19.4. The van der Waals surface area contributed by atoms with Crippen molar-refractivity contribution in [3.05, 3.63) is 53.6 Å². The van der Waals surface area contributed by atoms with E-state index in [9.17, 15) is 5.11 Å². The Labute approximate surface area is 174 Å². The monoisotopic (exact) mass is 453 g/mol. The van der Waals surface area contributed by atoms with Gasteiger partial charge in [0.15, 0.2) is 5.69 Å². The summed E-state index contributed by atoms with van der Waals surface area (Å²) in [6, 6.07) is 15.4. The van der Waals surface area contributed by atoms with E-state index in [0.717, 1.165) is 39.0 Å². The third-order valence-corrected chi connectivity index (χ3v) is 5.59. The first-order valence-corrected chi connectivity index (χ1v) is 10.1. The van der Waals surface area contributed by atoms with Crippen LogP contribution in [0.15, 0.2) is 53.6 Å². The minimum atomic E-state index is -0.287. The van der Waals surface area contributed by atoms with Crippen molar-refractivity contribution in [1.82, 2.24) is 4.98 Å². The summed E-state index contributed by atoms with van der Waals surface area (Å²) in [6.45, 7) is 0. The molecular weight excluding hydrogens is 442 g/mol. The summed E-state index contributed by atoms with van der Waals surface area (Å²) in [4.78, 5) is 4.89. The lowest BCUT2D eigenvalue weighted by Crippen LogP contribution is -2.37. The average Bonchev–Trinajstić information content (AvgIpc) is 3.04. The van der Waals surface area contributed by atoms with E-state index in [1.807, 2.05) is 30.3 Å². The Hall–Kier alpha value is -2.70. The second kappa shape index (κ2) is 6.43. The van der Waals surface area contributed by atoms with Gasteiger partial charge in [-0.1, -0.05) is 45.7 Å². The number of alkyl halides is 1. The third-order valence-electron chi connectivity index (χ3n) is 4.88. The number of aromatic nitrogens is 2. The highest BCUT2D eigenvalue weighted by Gasteiger charge is 2.36. The number of hydrogen-bond acceptors (Lipinski definition) is 4. The Bertz CT molecular complexity index is 1320. The van der Waals surface area contributed by atoms with Crippen molar-refractivity contribution in [3.63, 3.8) is 0 Å². The zero-order valence-corrected chi connectivity index (χ0v) is 17.1. The summed E-state index contributed by atoms with van der Waals surface area (Å²) < 4.78 is 7.30. The molecule has 0 amide bonds. The largest absolute Gasteiger partial charge is 0.857 e. The molecule has 1 aromatic heterocycles. The second-order valence-corrected chi connectivity index (χ2v) is 7.42. The van der Waals surface area contributed by atoms with Crippen molar-refractivity contribution in [1.29, 1.82) is 0 Å². The molecule has 0 fully saturated rings. The van der Waals surface area contributed by atoms with Gasteiger partial charge in [-0.2, -0.15) is 0 Å². The van der Waals surface area contributed by atoms with Crippen LogP contribution in [-0.4, -0.2) is 23.3 Å². The molecule has 0 bridgehead atoms. The molecular formula is C21H13BrClN3O2. The lowest BCUT2D eigenvalue weighted by Gasteiger charge is -2.08. The molecule has 0 saturated heterocycles. The molecule has 5 rings (SSSR count). The summed E-state index contributed by atoms with van der Waals surface area (Å²) >= 11 is 9.40. The SMILES string of the molecule is COc1ccc2cccc3c2c1-c1nc2cc(Cl)ccc2[n+](/N=C(\[O-])CBr)c1-3. The van der Waals surface area contributed by atoms with Crippen LogP contribution in [0.1, 0.15) is 0 Å². The van der Waals surface area contributed by atoms with Crippen LogP contribution in [0.5, 0.6) is 5.75 Å². The van der Waals surface area contributed by atoms with Crippen LogP contribution in [0.3, 0.4) is 0 Å². The molecule has 0 N–H and O–H groups in total. The van der Waals surface area contributed by atoms with Gasteiger partial charge in [-0.05, 0) is 39.4 Å². The topological polar surface area (TPSA) is 61.4 Å². The van der Waals surface area contributed by atoms with E-state index in [1.54, 1.807) is 23.9 Å². The van der Waals surface area contributed by atoms with E-state index in [4.69, 9.17) is 21.3 Å². The molecule has 3 aromatic carbocycles. The van der Waals surface area contributed by atoms with Crippen molar-refractivity contribution in [2.45, 2.75) is 0 Å². The highest BCUT2D eigenvalue weighted by atomic mass is 79.9. The predicted octanol–water partition coefficient (Wildman–Crippen LogP) is 3.90. The van der Waals surface area contributed by atoms with Crippen LogP contribution in [0.4, 0.5) is 0 Å². The molecule has 1 heterocycles. The molecule has 7 heteroatoms. The fourth-order valence-electron chi connectivity index (χ4n) is 3.78. The van der Waals surface area contributed by atoms with E-state index in [1.165, 1.54) is 0 Å². The fraction of sp³-hybridized carbons (Fsp3) is 0.0952. The number of ether oxygens (including phenoxy) is 1. The molecule has 1 aliphatic carbocycles. The minimum absolute atomic E-state index is 0.132. The predicted molar refractivity (Wildman–Crippen MR) is 112 cm³/mol. The normalized spacial score (nSPS) is 12.6. The number of methoxy groups -OCH3 is 1. The Morgan fingerprint density at radius 1 is 1.25 bits per heavy atom. The van der Waals surface area contributed by atoms with Gasteiger partial charge in [0.05, 0.1) is 18.2 Å². The van der Waals surface area contributed by atoms with Gasteiger partial charge < -0.3 is 9.84 Å². The standard InChI is InChI=1S/C21H13BrClN3O2/c1-28-16-8-5-11-3-2-4-13-18(11)19(16)20-21(13)26(25-17(27)10-22)15-7-6-12(23)9-14(15)24-20/h2-9H,10H2,1H3. The Morgan fingerprint density at radius 2 is 2.11 bits per heavy atom. The van der Waals surface area contributed by atoms with E-state index < -0.39 is 0 Å². The highest BCUT2D eigenvalue weighted by Crippen LogP contribution is 2.49. The van der Waals surface area contributed by atoms with Crippen LogP contribution in [0.2, 0.25) is 5.02 Å². The van der Waals surface area contributed by atoms with Gasteiger partial charge in [0.2, 0.25) is 0 Å². The van der Waals surface area contributed by atoms with Crippen molar-refractivity contribution < 1.29 is 14.5 Å². The first-order valence-electron chi connectivity index (χ1n) is 8.59. The summed E-state index contributed by atoms with van der Waals surface area (Å²) in [5.41, 5.74) is 4.74. The van der Waals surface area contributed by atoms with Crippen LogP contribution >= 0.6 is 27.5 Å². The first-order chi connectivity index (χ1) is 13.6. The molecule has 5 nitrogen and oxygen atoms in total. The van der Waals surface area contributed by atoms with Gasteiger partial charge in [0, 0.05) is 27.7 Å². The lowest BCUT2D eigenvalue weighted by atomic mass is 10.0. The molecule has 4 aromatic rings. The number of nitrogens with zero attached hydrogens (tertiary/aromatic N) is 3. The molecule has 0 spiro atoms. The fourth-order valence-corrected chi connectivity index (χ4v) is 4.06. The minimum Gasteiger partial charge on any atom is -0.857 e. The Morgan fingerprint density at radius 3 is 2.89 bits per heavy atom. The van der Waals surface area contributed by atoms with Crippen molar-refractivity contribution in [2.24, 2.45) is 5.10 Å². The summed E-state index contributed by atoms with van der Waals surface area (Å²) in [6.07, 6.45) is 0. The lowest BCUT2D eigenvalue weighted by molar-refractivity contribution is -0.644. The maximum absolute atomic E-state index is 12.2. The molecule has 138 valence electrons. The van der Waals surface area contributed by atoms with Crippen LogP contribution in [-0.2, 0) is 0 Å². The molecule has 0 aliphatic heterocycles. The number of rotatable bonds is 3. The molecule has 28 heavy (non-hydrogen) atoms. The molecule has 0 saturated carbocycles. The smallest absolute Gasteiger partial charge is 0.272 e. The molecule has 1 aliphatic rings. The number of halogens is 2. The first kappa shape index (κ1) is 17.4. The number of fused-ring (bicyclic) bond motifs is 4. The number of hydrogen-bond donors (Lipinski definition) is 0. The van der Waals surface area contributed by atoms with Gasteiger partial charge in [0.25, 0.3) is 11.2 Å². The van der Waals surface area contributed by atoms with Gasteiger partial charge in [-0.3, -0.25) is 0 Å². The van der Waals surface area contributed by atoms with Gasteiger partial charge in [-0.15, -0.1) is 0 Å². The zero-order valence-electron chi connectivity index (χ0n) is 14.7. The maximum atomic E-state index is 12.2. The Kier molecular flexibility index (Phi) is 4.00. The number of benzene rings is 3. The van der Waals surface area contributed by atoms with Crippen molar-refractivity contribution in [3.8, 4) is 28.3 Å². The third kappa shape index (κ3) is 2.41. The van der Waals surface area contributed by atoms with E-state index in [-0.39, 0.29) is 11.2 Å². The molecule has 0 atom stereocenters. The van der Waals surface area contributed by atoms with Crippen molar-refractivity contribution in [2.75, 3.05) is 12.4 Å².